The summed E-state index contributed by atoms with van der Waals surface area (Å²) in [6.07, 6.45) is 1.78. The van der Waals surface area contributed by atoms with Gasteiger partial charge in [-0.15, -0.1) is 6.58 Å². The van der Waals surface area contributed by atoms with Crippen molar-refractivity contribution in [3.63, 3.8) is 0 Å². The number of ether oxygens (including phenoxy) is 2. The first kappa shape index (κ1) is 16.6. The first-order chi connectivity index (χ1) is 11.2. The van der Waals surface area contributed by atoms with Crippen LogP contribution in [0, 0.1) is 6.92 Å². The third-order valence-electron chi connectivity index (χ3n) is 3.00. The van der Waals surface area contributed by atoms with Gasteiger partial charge in [-0.3, -0.25) is 0 Å². The average molecular weight is 314 g/mol. The highest BCUT2D eigenvalue weighted by Gasteiger charge is 2.01. The maximum atomic E-state index is 5.65. The van der Waals surface area contributed by atoms with Gasteiger partial charge in [0.15, 0.2) is 0 Å². The van der Waals surface area contributed by atoms with E-state index in [9.17, 15) is 0 Å². The zero-order chi connectivity index (χ0) is 16.5. The second-order valence-corrected chi connectivity index (χ2v) is 4.84. The van der Waals surface area contributed by atoms with Gasteiger partial charge in [0.25, 0.3) is 0 Å². The van der Waals surface area contributed by atoms with Crippen molar-refractivity contribution in [2.75, 3.05) is 37.4 Å². The minimum Gasteiger partial charge on any atom is -0.497 e. The first-order valence-electron chi connectivity index (χ1n) is 7.42. The number of benzene rings is 1. The number of hydrogen-bond donors (Lipinski definition) is 2. The lowest BCUT2D eigenvalue weighted by Crippen LogP contribution is -2.14. The van der Waals surface area contributed by atoms with Gasteiger partial charge in [0.1, 0.15) is 23.9 Å². The van der Waals surface area contributed by atoms with Gasteiger partial charge in [-0.2, -0.15) is 4.98 Å². The van der Waals surface area contributed by atoms with Crippen molar-refractivity contribution in [2.45, 2.75) is 6.92 Å². The highest BCUT2D eigenvalue weighted by molar-refractivity contribution is 5.42. The summed E-state index contributed by atoms with van der Waals surface area (Å²) in [7, 11) is 1.64. The molecule has 122 valence electrons. The van der Waals surface area contributed by atoms with Crippen molar-refractivity contribution in [3.8, 4) is 11.5 Å². The zero-order valence-electron chi connectivity index (χ0n) is 13.5. The molecule has 2 aromatic rings. The standard InChI is InChI=1S/C17H22N4O2/c1-4-9-18-16-12-13(2)20-17(21-16)19-10-11-23-15-7-5-14(22-3)6-8-15/h4-8,12H,1,9-11H2,2-3H3,(H2,18,19,20,21). The molecule has 1 heterocycles. The number of nitrogens with zero attached hydrogens (tertiary/aromatic N) is 2. The van der Waals surface area contributed by atoms with Crippen molar-refractivity contribution in [1.29, 1.82) is 0 Å². The summed E-state index contributed by atoms with van der Waals surface area (Å²) in [5.74, 6) is 2.96. The third-order valence-corrected chi connectivity index (χ3v) is 3.00. The maximum absolute atomic E-state index is 5.65. The highest BCUT2D eigenvalue weighted by Crippen LogP contribution is 2.16. The summed E-state index contributed by atoms with van der Waals surface area (Å²) < 4.78 is 10.8. The quantitative estimate of drug-likeness (QED) is 0.548. The Morgan fingerprint density at radius 1 is 1.13 bits per heavy atom. The van der Waals surface area contributed by atoms with Crippen molar-refractivity contribution < 1.29 is 9.47 Å². The third kappa shape index (κ3) is 5.50. The molecule has 0 aliphatic carbocycles. The van der Waals surface area contributed by atoms with Crippen LogP contribution in [0.4, 0.5) is 11.8 Å². The number of nitrogens with one attached hydrogen (secondary N) is 2. The van der Waals surface area contributed by atoms with E-state index in [-0.39, 0.29) is 0 Å². The Kier molecular flexibility index (Phi) is 6.23. The highest BCUT2D eigenvalue weighted by atomic mass is 16.5. The van der Waals surface area contributed by atoms with Crippen LogP contribution in [0.3, 0.4) is 0 Å². The Morgan fingerprint density at radius 2 is 1.87 bits per heavy atom. The summed E-state index contributed by atoms with van der Waals surface area (Å²) in [5.41, 5.74) is 0.894. The fraction of sp³-hybridized carbons (Fsp3) is 0.294. The van der Waals surface area contributed by atoms with Crippen LogP contribution in [0.2, 0.25) is 0 Å². The lowest BCUT2D eigenvalue weighted by atomic mass is 10.3. The molecule has 0 radical (unpaired) electrons. The van der Waals surface area contributed by atoms with Gasteiger partial charge in [-0.25, -0.2) is 4.98 Å². The molecule has 1 aromatic heterocycles. The van der Waals surface area contributed by atoms with E-state index >= 15 is 0 Å². The molecule has 0 unspecified atom stereocenters. The molecule has 0 saturated carbocycles. The predicted molar refractivity (Wildman–Crippen MR) is 92.4 cm³/mol. The summed E-state index contributed by atoms with van der Waals surface area (Å²) in [6, 6.07) is 9.37. The van der Waals surface area contributed by atoms with E-state index in [0.29, 0.717) is 25.6 Å². The van der Waals surface area contributed by atoms with Crippen LogP contribution < -0.4 is 20.1 Å². The van der Waals surface area contributed by atoms with Gasteiger partial charge < -0.3 is 20.1 Å². The Bertz CT molecular complexity index is 629. The molecule has 0 fully saturated rings. The van der Waals surface area contributed by atoms with Gasteiger partial charge in [0.2, 0.25) is 5.95 Å². The van der Waals surface area contributed by atoms with Gasteiger partial charge >= 0.3 is 0 Å². The molecule has 0 saturated heterocycles. The van der Waals surface area contributed by atoms with Crippen LogP contribution in [0.5, 0.6) is 11.5 Å². The molecule has 0 aliphatic heterocycles. The Morgan fingerprint density at radius 3 is 2.57 bits per heavy atom. The lowest BCUT2D eigenvalue weighted by Gasteiger charge is -2.10. The molecule has 2 N–H and O–H groups in total. The molecular weight excluding hydrogens is 292 g/mol. The van der Waals surface area contributed by atoms with Gasteiger partial charge in [0.05, 0.1) is 13.7 Å². The molecule has 0 bridgehead atoms. The second-order valence-electron chi connectivity index (χ2n) is 4.84. The van der Waals surface area contributed by atoms with E-state index in [0.717, 1.165) is 23.0 Å². The molecule has 23 heavy (non-hydrogen) atoms. The molecule has 2 rings (SSSR count). The average Bonchev–Trinajstić information content (AvgIpc) is 2.57. The Balaban J connectivity index is 1.80. The van der Waals surface area contributed by atoms with E-state index < -0.39 is 0 Å². The zero-order valence-corrected chi connectivity index (χ0v) is 13.5. The largest absolute Gasteiger partial charge is 0.497 e. The Hall–Kier alpha value is -2.76. The minimum atomic E-state index is 0.513. The topological polar surface area (TPSA) is 68.3 Å². The summed E-state index contributed by atoms with van der Waals surface area (Å²) in [6.45, 7) is 7.39. The first-order valence-corrected chi connectivity index (χ1v) is 7.42. The van der Waals surface area contributed by atoms with E-state index in [1.807, 2.05) is 37.3 Å². The summed E-state index contributed by atoms with van der Waals surface area (Å²) in [4.78, 5) is 8.73. The van der Waals surface area contributed by atoms with Crippen LogP contribution in [-0.4, -0.2) is 36.8 Å². The lowest BCUT2D eigenvalue weighted by molar-refractivity contribution is 0.331. The second kappa shape index (κ2) is 8.63. The molecule has 1 aromatic carbocycles. The molecule has 6 nitrogen and oxygen atoms in total. The monoisotopic (exact) mass is 314 g/mol. The van der Waals surface area contributed by atoms with Crippen LogP contribution in [0.15, 0.2) is 43.0 Å². The minimum absolute atomic E-state index is 0.513. The van der Waals surface area contributed by atoms with Crippen LogP contribution in [0.1, 0.15) is 5.69 Å². The number of hydrogen-bond acceptors (Lipinski definition) is 6. The van der Waals surface area contributed by atoms with Gasteiger partial charge in [-0.1, -0.05) is 6.08 Å². The fourth-order valence-electron chi connectivity index (χ4n) is 1.92. The molecule has 6 heteroatoms. The number of aryl methyl sites for hydroxylation is 1. The smallest absolute Gasteiger partial charge is 0.224 e. The molecule has 0 atom stereocenters. The molecular formula is C17H22N4O2. The van der Waals surface area contributed by atoms with Crippen molar-refractivity contribution in [2.24, 2.45) is 0 Å². The Labute approximate surface area is 136 Å². The van der Waals surface area contributed by atoms with Crippen molar-refractivity contribution >= 4 is 11.8 Å². The SMILES string of the molecule is C=CCNc1cc(C)nc(NCCOc2ccc(OC)cc2)n1. The molecule has 0 aliphatic rings. The van der Waals surface area contributed by atoms with Crippen molar-refractivity contribution in [1.82, 2.24) is 9.97 Å². The van der Waals surface area contributed by atoms with E-state index in [4.69, 9.17) is 9.47 Å². The number of methoxy groups -OCH3 is 1. The van der Waals surface area contributed by atoms with Gasteiger partial charge in [-0.05, 0) is 31.2 Å². The fourth-order valence-corrected chi connectivity index (χ4v) is 1.92. The molecule has 0 amide bonds. The molecule has 0 spiro atoms. The van der Waals surface area contributed by atoms with E-state index in [1.54, 1.807) is 13.2 Å². The van der Waals surface area contributed by atoms with Gasteiger partial charge in [0, 0.05) is 18.3 Å². The van der Waals surface area contributed by atoms with Crippen molar-refractivity contribution in [3.05, 3.63) is 48.7 Å². The normalized spacial score (nSPS) is 10.0. The van der Waals surface area contributed by atoms with Crippen LogP contribution in [-0.2, 0) is 0 Å². The van der Waals surface area contributed by atoms with Crippen LogP contribution in [0.25, 0.3) is 0 Å². The van der Waals surface area contributed by atoms with E-state index in [2.05, 4.69) is 27.2 Å². The van der Waals surface area contributed by atoms with Crippen LogP contribution >= 0.6 is 0 Å². The maximum Gasteiger partial charge on any atom is 0.224 e. The number of anilines is 2. The summed E-state index contributed by atoms with van der Waals surface area (Å²) >= 11 is 0. The summed E-state index contributed by atoms with van der Waals surface area (Å²) in [5, 5.41) is 6.31. The number of aromatic nitrogens is 2. The van der Waals surface area contributed by atoms with E-state index in [1.165, 1.54) is 0 Å². The predicted octanol–water partition coefficient (Wildman–Crippen LogP) is 2.88. The number of rotatable bonds is 9.